The first-order valence-electron chi connectivity index (χ1n) is 6.90. The van der Waals surface area contributed by atoms with Crippen molar-refractivity contribution in [3.63, 3.8) is 0 Å². The van der Waals surface area contributed by atoms with Crippen molar-refractivity contribution >= 4 is 5.69 Å². The molecule has 104 valence electrons. The Morgan fingerprint density at radius 1 is 1.15 bits per heavy atom. The molecular formula is C17H18FNO. The van der Waals surface area contributed by atoms with Crippen LogP contribution in [0.25, 0.3) is 0 Å². The van der Waals surface area contributed by atoms with Crippen molar-refractivity contribution in [2.45, 2.75) is 31.4 Å². The van der Waals surface area contributed by atoms with Gasteiger partial charge in [-0.15, -0.1) is 0 Å². The summed E-state index contributed by atoms with van der Waals surface area (Å²) in [6, 6.07) is 14.1. The van der Waals surface area contributed by atoms with Crippen molar-refractivity contribution in [1.29, 1.82) is 0 Å². The summed E-state index contributed by atoms with van der Waals surface area (Å²) in [5, 5.41) is 14.2. The predicted octanol–water partition coefficient (Wildman–Crippen LogP) is 3.46. The Bertz CT molecular complexity index is 607. The molecule has 0 aromatic heterocycles. The highest BCUT2D eigenvalue weighted by atomic mass is 19.1. The van der Waals surface area contributed by atoms with E-state index in [0.29, 0.717) is 0 Å². The zero-order chi connectivity index (χ0) is 14.2. The van der Waals surface area contributed by atoms with E-state index < -0.39 is 5.60 Å². The van der Waals surface area contributed by atoms with Crippen molar-refractivity contribution in [2.24, 2.45) is 0 Å². The van der Waals surface area contributed by atoms with Crippen LogP contribution in [0.1, 0.15) is 24.5 Å². The summed E-state index contributed by atoms with van der Waals surface area (Å²) in [7, 11) is 0. The van der Waals surface area contributed by atoms with Crippen LogP contribution in [0.5, 0.6) is 0 Å². The fourth-order valence-electron chi connectivity index (χ4n) is 2.85. The third kappa shape index (κ3) is 2.29. The average Bonchev–Trinajstić information content (AvgIpc) is 2.47. The number of rotatable bonds is 2. The van der Waals surface area contributed by atoms with Crippen LogP contribution in [0.3, 0.4) is 0 Å². The summed E-state index contributed by atoms with van der Waals surface area (Å²) in [6.07, 6.45) is 1.78. The molecule has 2 atom stereocenters. The van der Waals surface area contributed by atoms with Gasteiger partial charge in [0.15, 0.2) is 0 Å². The first-order chi connectivity index (χ1) is 9.57. The summed E-state index contributed by atoms with van der Waals surface area (Å²) in [5.41, 5.74) is 2.06. The lowest BCUT2D eigenvalue weighted by atomic mass is 9.82. The van der Waals surface area contributed by atoms with Crippen LogP contribution < -0.4 is 5.32 Å². The lowest BCUT2D eigenvalue weighted by Crippen LogP contribution is -2.44. The summed E-state index contributed by atoms with van der Waals surface area (Å²) in [5.74, 6) is -0.286. The molecule has 0 bridgehead atoms. The molecule has 3 rings (SSSR count). The smallest absolute Gasteiger partial charge is 0.123 e. The Morgan fingerprint density at radius 2 is 1.85 bits per heavy atom. The molecule has 1 aliphatic heterocycles. The number of benzene rings is 2. The van der Waals surface area contributed by atoms with Gasteiger partial charge < -0.3 is 10.4 Å². The first-order valence-corrected chi connectivity index (χ1v) is 6.90. The Labute approximate surface area is 118 Å². The summed E-state index contributed by atoms with van der Waals surface area (Å²) < 4.78 is 13.0. The molecular weight excluding hydrogens is 253 g/mol. The number of nitrogens with one attached hydrogen (secondary N) is 1. The largest absolute Gasteiger partial charge is 0.383 e. The number of halogens is 1. The van der Waals surface area contributed by atoms with E-state index in [2.05, 4.69) is 11.4 Å². The normalized spacial score (nSPS) is 20.6. The zero-order valence-corrected chi connectivity index (χ0v) is 11.4. The van der Waals surface area contributed by atoms with E-state index in [0.717, 1.165) is 24.1 Å². The van der Waals surface area contributed by atoms with E-state index in [1.165, 1.54) is 17.7 Å². The lowest BCUT2D eigenvalue weighted by molar-refractivity contribution is 0.0322. The highest BCUT2D eigenvalue weighted by molar-refractivity contribution is 5.54. The minimum atomic E-state index is -1.03. The molecule has 0 saturated heterocycles. The van der Waals surface area contributed by atoms with E-state index in [4.69, 9.17) is 0 Å². The van der Waals surface area contributed by atoms with Crippen LogP contribution in [0, 0.1) is 5.82 Å². The number of hydrogen-bond acceptors (Lipinski definition) is 2. The van der Waals surface area contributed by atoms with Crippen molar-refractivity contribution in [3.05, 3.63) is 65.5 Å². The fraction of sp³-hybridized carbons (Fsp3) is 0.294. The summed E-state index contributed by atoms with van der Waals surface area (Å²) >= 11 is 0. The van der Waals surface area contributed by atoms with Gasteiger partial charge in [0.1, 0.15) is 11.4 Å². The molecule has 3 heteroatoms. The SMILES string of the molecule is CC(O)(c1ccc(F)cc1)C1CCc2ccccc2N1. The summed E-state index contributed by atoms with van der Waals surface area (Å²) in [4.78, 5) is 0. The molecule has 1 heterocycles. The van der Waals surface area contributed by atoms with Crippen LogP contribution in [0.4, 0.5) is 10.1 Å². The monoisotopic (exact) mass is 271 g/mol. The Morgan fingerprint density at radius 3 is 2.60 bits per heavy atom. The molecule has 2 nitrogen and oxygen atoms in total. The van der Waals surface area contributed by atoms with Crippen LogP contribution in [0.2, 0.25) is 0 Å². The van der Waals surface area contributed by atoms with Crippen molar-refractivity contribution in [1.82, 2.24) is 0 Å². The highest BCUT2D eigenvalue weighted by Gasteiger charge is 2.35. The quantitative estimate of drug-likeness (QED) is 0.876. The Hall–Kier alpha value is -1.87. The standard InChI is InChI=1S/C17H18FNO/c1-17(20,13-7-9-14(18)10-8-13)16-11-6-12-4-2-3-5-15(12)19-16/h2-5,7-10,16,19-20H,6,11H2,1H3. The van der Waals surface area contributed by atoms with Gasteiger partial charge in [-0.2, -0.15) is 0 Å². The van der Waals surface area contributed by atoms with Gasteiger partial charge in [0, 0.05) is 5.69 Å². The maximum Gasteiger partial charge on any atom is 0.123 e. The van der Waals surface area contributed by atoms with Gasteiger partial charge in [-0.25, -0.2) is 4.39 Å². The molecule has 2 N–H and O–H groups in total. The minimum absolute atomic E-state index is 0.0807. The number of anilines is 1. The van der Waals surface area contributed by atoms with Crippen LogP contribution >= 0.6 is 0 Å². The molecule has 0 radical (unpaired) electrons. The number of fused-ring (bicyclic) bond motifs is 1. The lowest BCUT2D eigenvalue weighted by Gasteiger charge is -2.38. The van der Waals surface area contributed by atoms with E-state index in [9.17, 15) is 9.50 Å². The zero-order valence-electron chi connectivity index (χ0n) is 11.4. The molecule has 2 aromatic carbocycles. The van der Waals surface area contributed by atoms with Gasteiger partial charge in [-0.05, 0) is 49.1 Å². The van der Waals surface area contributed by atoms with Crippen molar-refractivity contribution in [3.8, 4) is 0 Å². The molecule has 0 saturated carbocycles. The number of hydrogen-bond donors (Lipinski definition) is 2. The van der Waals surface area contributed by atoms with E-state index in [1.54, 1.807) is 19.1 Å². The molecule has 2 unspecified atom stereocenters. The molecule has 0 spiro atoms. The molecule has 1 aliphatic rings. The fourth-order valence-corrected chi connectivity index (χ4v) is 2.85. The second kappa shape index (κ2) is 4.91. The molecule has 2 aromatic rings. The second-order valence-electron chi connectivity index (χ2n) is 5.55. The summed E-state index contributed by atoms with van der Waals surface area (Å²) in [6.45, 7) is 1.78. The van der Waals surface area contributed by atoms with Gasteiger partial charge >= 0.3 is 0 Å². The predicted molar refractivity (Wildman–Crippen MR) is 78.1 cm³/mol. The third-order valence-corrected chi connectivity index (χ3v) is 4.16. The van der Waals surface area contributed by atoms with Crippen LogP contribution in [-0.2, 0) is 12.0 Å². The second-order valence-corrected chi connectivity index (χ2v) is 5.55. The van der Waals surface area contributed by atoms with Gasteiger partial charge in [0.25, 0.3) is 0 Å². The molecule has 0 fully saturated rings. The van der Waals surface area contributed by atoms with Crippen LogP contribution in [-0.4, -0.2) is 11.1 Å². The van der Waals surface area contributed by atoms with E-state index >= 15 is 0 Å². The topological polar surface area (TPSA) is 32.3 Å². The van der Waals surface area contributed by atoms with Gasteiger partial charge in [0.2, 0.25) is 0 Å². The average molecular weight is 271 g/mol. The van der Waals surface area contributed by atoms with Gasteiger partial charge in [-0.3, -0.25) is 0 Å². The van der Waals surface area contributed by atoms with Gasteiger partial charge in [0.05, 0.1) is 6.04 Å². The maximum atomic E-state index is 13.0. The Balaban J connectivity index is 1.88. The molecule has 20 heavy (non-hydrogen) atoms. The van der Waals surface area contributed by atoms with E-state index in [-0.39, 0.29) is 11.9 Å². The highest BCUT2D eigenvalue weighted by Crippen LogP contribution is 2.34. The Kier molecular flexibility index (Phi) is 3.22. The third-order valence-electron chi connectivity index (χ3n) is 4.16. The van der Waals surface area contributed by atoms with Gasteiger partial charge in [-0.1, -0.05) is 30.3 Å². The maximum absolute atomic E-state index is 13.0. The number of aliphatic hydroxyl groups is 1. The minimum Gasteiger partial charge on any atom is -0.383 e. The molecule has 0 aliphatic carbocycles. The molecule has 0 amide bonds. The van der Waals surface area contributed by atoms with E-state index in [1.807, 2.05) is 18.2 Å². The number of aryl methyl sites for hydroxylation is 1. The van der Waals surface area contributed by atoms with Crippen molar-refractivity contribution in [2.75, 3.05) is 5.32 Å². The van der Waals surface area contributed by atoms with Crippen LogP contribution in [0.15, 0.2) is 48.5 Å². The number of para-hydroxylation sites is 1. The van der Waals surface area contributed by atoms with Crippen molar-refractivity contribution < 1.29 is 9.50 Å². The first kappa shape index (κ1) is 13.1.